The van der Waals surface area contributed by atoms with Gasteiger partial charge in [0.05, 0.1) is 5.69 Å². The third kappa shape index (κ3) is 3.25. The average Bonchev–Trinajstić information content (AvgIpc) is 2.93. The van der Waals surface area contributed by atoms with Crippen LogP contribution in [0.25, 0.3) is 0 Å². The van der Waals surface area contributed by atoms with E-state index in [1.54, 1.807) is 6.92 Å². The van der Waals surface area contributed by atoms with Gasteiger partial charge in [0.2, 0.25) is 10.0 Å². The van der Waals surface area contributed by atoms with Gasteiger partial charge in [-0.1, -0.05) is 18.3 Å². The van der Waals surface area contributed by atoms with Crippen molar-refractivity contribution in [2.75, 3.05) is 24.5 Å². The summed E-state index contributed by atoms with van der Waals surface area (Å²) in [7, 11) is -3.67. The van der Waals surface area contributed by atoms with Gasteiger partial charge >= 0.3 is 0 Å². The van der Waals surface area contributed by atoms with Crippen LogP contribution < -0.4 is 15.4 Å². The Kier molecular flexibility index (Phi) is 4.44. The molecule has 1 saturated heterocycles. The Morgan fingerprint density at radius 2 is 2.32 bits per heavy atom. The minimum Gasteiger partial charge on any atom is -0.344 e. The fourth-order valence-corrected chi connectivity index (χ4v) is 4.38. The Morgan fingerprint density at radius 3 is 2.79 bits per heavy atom. The number of nitrogens with one attached hydrogen (secondary N) is 1. The predicted octanol–water partition coefficient (Wildman–Crippen LogP) is 0.677. The molecule has 1 aliphatic rings. The Bertz CT molecular complexity index is 535. The normalized spacial score (nSPS) is 19.8. The van der Waals surface area contributed by atoms with E-state index >= 15 is 0 Å². The lowest BCUT2D eigenvalue weighted by Gasteiger charge is -2.27. The fourth-order valence-electron chi connectivity index (χ4n) is 2.34. The number of sulfonamides is 1. The van der Waals surface area contributed by atoms with E-state index in [0.29, 0.717) is 11.7 Å². The van der Waals surface area contributed by atoms with Gasteiger partial charge in [0.1, 0.15) is 0 Å². The molecule has 0 aliphatic carbocycles. The molecular formula is C11H20N4O2S2. The molecule has 1 atom stereocenters. The van der Waals surface area contributed by atoms with E-state index in [0.717, 1.165) is 37.6 Å². The molecule has 19 heavy (non-hydrogen) atoms. The van der Waals surface area contributed by atoms with Gasteiger partial charge < -0.3 is 10.2 Å². The van der Waals surface area contributed by atoms with Crippen LogP contribution in [0.2, 0.25) is 0 Å². The van der Waals surface area contributed by atoms with E-state index in [1.165, 1.54) is 11.3 Å². The van der Waals surface area contributed by atoms with Crippen molar-refractivity contribution in [3.8, 4) is 0 Å². The van der Waals surface area contributed by atoms with Crippen LogP contribution in [0.15, 0.2) is 4.21 Å². The summed E-state index contributed by atoms with van der Waals surface area (Å²) in [4.78, 5) is 6.60. The van der Waals surface area contributed by atoms with Crippen LogP contribution in [-0.2, 0) is 10.0 Å². The Balaban J connectivity index is 2.32. The number of hydrogen-bond donors (Lipinski definition) is 2. The lowest BCUT2D eigenvalue weighted by atomic mass is 10.2. The monoisotopic (exact) mass is 304 g/mol. The SMILES string of the molecule is CCCN(c1nc(C)c(S(N)(=O)=O)s1)C1CCNC1. The van der Waals surface area contributed by atoms with Gasteiger partial charge in [-0.05, 0) is 26.3 Å². The Labute approximate surface area is 118 Å². The molecule has 6 nitrogen and oxygen atoms in total. The number of nitrogens with zero attached hydrogens (tertiary/aromatic N) is 2. The highest BCUT2D eigenvalue weighted by Gasteiger charge is 2.26. The van der Waals surface area contributed by atoms with E-state index in [1.807, 2.05) is 0 Å². The fraction of sp³-hybridized carbons (Fsp3) is 0.727. The van der Waals surface area contributed by atoms with Crippen LogP contribution in [0.4, 0.5) is 5.13 Å². The van der Waals surface area contributed by atoms with E-state index in [2.05, 4.69) is 22.1 Å². The molecule has 0 aromatic carbocycles. The average molecular weight is 304 g/mol. The zero-order valence-corrected chi connectivity index (χ0v) is 12.9. The van der Waals surface area contributed by atoms with Crippen LogP contribution >= 0.6 is 11.3 Å². The highest BCUT2D eigenvalue weighted by molar-refractivity contribution is 7.91. The number of aromatic nitrogens is 1. The van der Waals surface area contributed by atoms with E-state index in [4.69, 9.17) is 5.14 Å². The molecule has 1 aromatic heterocycles. The first kappa shape index (κ1) is 14.7. The molecule has 2 rings (SSSR count). The highest BCUT2D eigenvalue weighted by Crippen LogP contribution is 2.31. The number of aryl methyl sites for hydroxylation is 1. The van der Waals surface area contributed by atoms with Crippen molar-refractivity contribution in [1.82, 2.24) is 10.3 Å². The van der Waals surface area contributed by atoms with Crippen LogP contribution in [0, 0.1) is 6.92 Å². The lowest BCUT2D eigenvalue weighted by molar-refractivity contribution is 0.599. The molecule has 3 N–H and O–H groups in total. The topological polar surface area (TPSA) is 88.3 Å². The maximum absolute atomic E-state index is 11.5. The van der Waals surface area contributed by atoms with Crippen LogP contribution in [0.5, 0.6) is 0 Å². The molecule has 0 amide bonds. The number of hydrogen-bond acceptors (Lipinski definition) is 6. The van der Waals surface area contributed by atoms with E-state index in [-0.39, 0.29) is 4.21 Å². The third-order valence-electron chi connectivity index (χ3n) is 3.19. The summed E-state index contributed by atoms with van der Waals surface area (Å²) >= 11 is 1.18. The zero-order valence-electron chi connectivity index (χ0n) is 11.2. The molecule has 1 unspecified atom stereocenters. The van der Waals surface area contributed by atoms with Crippen molar-refractivity contribution in [1.29, 1.82) is 0 Å². The summed E-state index contributed by atoms with van der Waals surface area (Å²) in [6.45, 7) is 6.59. The highest BCUT2D eigenvalue weighted by atomic mass is 32.2. The number of nitrogens with two attached hydrogens (primary N) is 1. The maximum Gasteiger partial charge on any atom is 0.249 e. The largest absolute Gasteiger partial charge is 0.344 e. The minimum absolute atomic E-state index is 0.176. The first-order valence-electron chi connectivity index (χ1n) is 6.41. The van der Waals surface area contributed by atoms with E-state index in [9.17, 15) is 8.42 Å². The zero-order chi connectivity index (χ0) is 14.0. The van der Waals surface area contributed by atoms with Crippen molar-refractivity contribution in [2.24, 2.45) is 5.14 Å². The summed E-state index contributed by atoms with van der Waals surface area (Å²) in [6, 6.07) is 0.388. The van der Waals surface area contributed by atoms with Crippen LogP contribution in [-0.4, -0.2) is 39.1 Å². The summed E-state index contributed by atoms with van der Waals surface area (Å²) in [5.41, 5.74) is 0.495. The van der Waals surface area contributed by atoms with Crippen molar-refractivity contribution in [3.63, 3.8) is 0 Å². The number of anilines is 1. The minimum atomic E-state index is -3.67. The molecule has 1 aliphatic heterocycles. The second-order valence-corrected chi connectivity index (χ2v) is 7.49. The smallest absolute Gasteiger partial charge is 0.249 e. The molecule has 1 fully saturated rings. The van der Waals surface area contributed by atoms with Gasteiger partial charge in [-0.2, -0.15) is 0 Å². The molecule has 1 aromatic rings. The Hall–Kier alpha value is -0.700. The number of rotatable bonds is 5. The van der Waals surface area contributed by atoms with Gasteiger partial charge in [0.15, 0.2) is 9.34 Å². The molecule has 2 heterocycles. The number of primary sulfonamides is 1. The molecule has 0 spiro atoms. The summed E-state index contributed by atoms with van der Waals surface area (Å²) in [6.07, 6.45) is 2.06. The van der Waals surface area contributed by atoms with Crippen molar-refractivity contribution >= 4 is 26.5 Å². The summed E-state index contributed by atoms with van der Waals surface area (Å²) in [5.74, 6) is 0. The van der Waals surface area contributed by atoms with Gasteiger partial charge in [-0.25, -0.2) is 18.5 Å². The maximum atomic E-state index is 11.5. The molecule has 0 bridgehead atoms. The molecular weight excluding hydrogens is 284 g/mol. The van der Waals surface area contributed by atoms with Crippen LogP contribution in [0.3, 0.4) is 0 Å². The molecule has 0 saturated carbocycles. The quantitative estimate of drug-likeness (QED) is 0.835. The van der Waals surface area contributed by atoms with Crippen molar-refractivity contribution in [3.05, 3.63) is 5.69 Å². The van der Waals surface area contributed by atoms with Crippen molar-refractivity contribution in [2.45, 2.75) is 36.9 Å². The first-order chi connectivity index (χ1) is 8.93. The van der Waals surface area contributed by atoms with Gasteiger partial charge in [-0.15, -0.1) is 0 Å². The predicted molar refractivity (Wildman–Crippen MR) is 77.1 cm³/mol. The lowest BCUT2D eigenvalue weighted by Crippen LogP contribution is -2.37. The second-order valence-electron chi connectivity index (χ2n) is 4.75. The van der Waals surface area contributed by atoms with Gasteiger partial charge in [0, 0.05) is 19.1 Å². The Morgan fingerprint density at radius 1 is 1.58 bits per heavy atom. The van der Waals surface area contributed by atoms with Gasteiger partial charge in [-0.3, -0.25) is 0 Å². The summed E-state index contributed by atoms with van der Waals surface area (Å²) in [5, 5.41) is 9.30. The van der Waals surface area contributed by atoms with Crippen LogP contribution in [0.1, 0.15) is 25.5 Å². The van der Waals surface area contributed by atoms with Crippen molar-refractivity contribution < 1.29 is 8.42 Å². The third-order valence-corrected chi connectivity index (χ3v) is 5.93. The van der Waals surface area contributed by atoms with Gasteiger partial charge in [0.25, 0.3) is 0 Å². The summed E-state index contributed by atoms with van der Waals surface area (Å²) < 4.78 is 23.1. The first-order valence-corrected chi connectivity index (χ1v) is 8.77. The molecule has 8 heteroatoms. The standard InChI is InChI=1S/C11H20N4O2S2/c1-3-6-15(9-4-5-13-7-9)11-14-8(2)10(18-11)19(12,16)17/h9,13H,3-7H2,1-2H3,(H2,12,16,17). The molecule has 108 valence electrons. The number of thiazole rings is 1. The van der Waals surface area contributed by atoms with E-state index < -0.39 is 10.0 Å². The molecule has 0 radical (unpaired) electrons. The second kappa shape index (κ2) is 5.74.